The Morgan fingerprint density at radius 1 is 0.897 bits per heavy atom. The number of likely N-dealkylation sites (tertiary alicyclic amines) is 2. The van der Waals surface area contributed by atoms with Crippen molar-refractivity contribution in [2.75, 3.05) is 31.5 Å². The third-order valence-corrected chi connectivity index (χ3v) is 6.03. The van der Waals surface area contributed by atoms with Crippen LogP contribution in [0.3, 0.4) is 0 Å². The first-order chi connectivity index (χ1) is 14.1. The summed E-state index contributed by atoms with van der Waals surface area (Å²) in [5.74, 6) is -0.441. The van der Waals surface area contributed by atoms with E-state index in [1.807, 2.05) is 41.3 Å². The highest BCUT2D eigenvalue weighted by atomic mass is 16.2. The SMILES string of the molecule is NC(=O)c1cccc(-c2ccc(NC(=O)N3CCC(N4CCCC4)CC3)cc2)c1. The Morgan fingerprint density at radius 3 is 2.24 bits per heavy atom. The third kappa shape index (κ3) is 4.59. The van der Waals surface area contributed by atoms with Crippen molar-refractivity contribution in [2.24, 2.45) is 5.73 Å². The highest BCUT2D eigenvalue weighted by Gasteiger charge is 2.28. The standard InChI is InChI=1S/C23H28N4O2/c24-22(28)19-5-3-4-18(16-19)17-6-8-20(9-7-17)25-23(29)27-14-10-21(11-15-27)26-12-1-2-13-26/h3-9,16,21H,1-2,10-15H2,(H2,24,28)(H,25,29). The van der Waals surface area contributed by atoms with Gasteiger partial charge in [-0.05, 0) is 74.2 Å². The predicted octanol–water partition coefficient (Wildman–Crippen LogP) is 3.54. The molecule has 6 nitrogen and oxygen atoms in total. The van der Waals surface area contributed by atoms with E-state index in [0.717, 1.165) is 42.7 Å². The Kier molecular flexibility index (Phi) is 5.81. The number of carbonyl (C=O) groups is 2. The second-order valence-corrected chi connectivity index (χ2v) is 7.91. The van der Waals surface area contributed by atoms with E-state index in [1.54, 1.807) is 12.1 Å². The monoisotopic (exact) mass is 392 g/mol. The lowest BCUT2D eigenvalue weighted by molar-refractivity contribution is 0.1000. The van der Waals surface area contributed by atoms with Crippen LogP contribution < -0.4 is 11.1 Å². The molecule has 152 valence electrons. The molecule has 0 bridgehead atoms. The van der Waals surface area contributed by atoms with Crippen molar-refractivity contribution in [2.45, 2.75) is 31.7 Å². The van der Waals surface area contributed by atoms with Crippen molar-refractivity contribution in [3.63, 3.8) is 0 Å². The number of anilines is 1. The molecule has 2 aliphatic heterocycles. The average molecular weight is 393 g/mol. The maximum absolute atomic E-state index is 12.6. The number of primary amides is 1. The van der Waals surface area contributed by atoms with Crippen LogP contribution in [-0.2, 0) is 0 Å². The molecule has 0 radical (unpaired) electrons. The molecule has 0 aromatic heterocycles. The minimum Gasteiger partial charge on any atom is -0.366 e. The fraction of sp³-hybridized carbons (Fsp3) is 0.391. The maximum Gasteiger partial charge on any atom is 0.321 e. The van der Waals surface area contributed by atoms with Gasteiger partial charge in [-0.3, -0.25) is 4.79 Å². The van der Waals surface area contributed by atoms with Crippen LogP contribution in [0.15, 0.2) is 48.5 Å². The van der Waals surface area contributed by atoms with E-state index in [-0.39, 0.29) is 6.03 Å². The van der Waals surface area contributed by atoms with E-state index in [9.17, 15) is 9.59 Å². The highest BCUT2D eigenvalue weighted by Crippen LogP contribution is 2.24. The molecule has 0 unspecified atom stereocenters. The largest absolute Gasteiger partial charge is 0.366 e. The van der Waals surface area contributed by atoms with Crippen molar-refractivity contribution < 1.29 is 9.59 Å². The molecule has 0 atom stereocenters. The lowest BCUT2D eigenvalue weighted by Gasteiger charge is -2.36. The lowest BCUT2D eigenvalue weighted by Crippen LogP contribution is -2.47. The van der Waals surface area contributed by atoms with E-state index in [0.29, 0.717) is 11.6 Å². The van der Waals surface area contributed by atoms with Gasteiger partial charge < -0.3 is 20.9 Å². The van der Waals surface area contributed by atoms with Gasteiger partial charge in [-0.1, -0.05) is 24.3 Å². The number of amides is 3. The summed E-state index contributed by atoms with van der Waals surface area (Å²) in [4.78, 5) is 28.5. The van der Waals surface area contributed by atoms with Crippen LogP contribution >= 0.6 is 0 Å². The summed E-state index contributed by atoms with van der Waals surface area (Å²) < 4.78 is 0. The normalized spacial score (nSPS) is 18.0. The third-order valence-electron chi connectivity index (χ3n) is 6.03. The maximum atomic E-state index is 12.6. The predicted molar refractivity (Wildman–Crippen MR) is 115 cm³/mol. The number of carbonyl (C=O) groups excluding carboxylic acids is 2. The first-order valence-electron chi connectivity index (χ1n) is 10.4. The molecule has 2 heterocycles. The van der Waals surface area contributed by atoms with Crippen molar-refractivity contribution >= 4 is 17.6 Å². The Morgan fingerprint density at radius 2 is 1.59 bits per heavy atom. The summed E-state index contributed by atoms with van der Waals surface area (Å²) in [6, 6.07) is 15.5. The van der Waals surface area contributed by atoms with Gasteiger partial charge in [-0.15, -0.1) is 0 Å². The highest BCUT2D eigenvalue weighted by molar-refractivity contribution is 5.94. The summed E-state index contributed by atoms with van der Waals surface area (Å²) in [5.41, 5.74) is 8.50. The van der Waals surface area contributed by atoms with Gasteiger partial charge in [-0.25, -0.2) is 4.79 Å². The summed E-state index contributed by atoms with van der Waals surface area (Å²) in [6.07, 6.45) is 4.73. The quantitative estimate of drug-likeness (QED) is 0.835. The van der Waals surface area contributed by atoms with Gasteiger partial charge in [-0.2, -0.15) is 0 Å². The van der Waals surface area contributed by atoms with Crippen molar-refractivity contribution in [1.82, 2.24) is 9.80 Å². The van der Waals surface area contributed by atoms with E-state index in [1.165, 1.54) is 25.9 Å². The van der Waals surface area contributed by atoms with E-state index >= 15 is 0 Å². The first kappa shape index (κ1) is 19.5. The molecule has 0 spiro atoms. The molecule has 0 aliphatic carbocycles. The fourth-order valence-electron chi connectivity index (χ4n) is 4.34. The summed E-state index contributed by atoms with van der Waals surface area (Å²) >= 11 is 0. The lowest BCUT2D eigenvalue weighted by atomic mass is 10.0. The molecule has 29 heavy (non-hydrogen) atoms. The molecule has 2 aromatic rings. The number of rotatable bonds is 4. The minimum absolute atomic E-state index is 0.0339. The number of urea groups is 1. The number of nitrogens with one attached hydrogen (secondary N) is 1. The second-order valence-electron chi connectivity index (χ2n) is 7.91. The molecule has 0 saturated carbocycles. The molecule has 3 amide bonds. The number of nitrogens with two attached hydrogens (primary N) is 1. The zero-order valence-corrected chi connectivity index (χ0v) is 16.6. The van der Waals surface area contributed by atoms with E-state index in [2.05, 4.69) is 10.2 Å². The number of piperidine rings is 1. The molecule has 3 N–H and O–H groups in total. The second kappa shape index (κ2) is 8.66. The van der Waals surface area contributed by atoms with Crippen molar-refractivity contribution in [1.29, 1.82) is 0 Å². The van der Waals surface area contributed by atoms with Crippen LogP contribution in [0.2, 0.25) is 0 Å². The molecule has 6 heteroatoms. The van der Waals surface area contributed by atoms with E-state index in [4.69, 9.17) is 5.73 Å². The van der Waals surface area contributed by atoms with Gasteiger partial charge in [0.05, 0.1) is 0 Å². The van der Waals surface area contributed by atoms with Crippen LogP contribution in [0.4, 0.5) is 10.5 Å². The van der Waals surface area contributed by atoms with Gasteiger partial charge in [0, 0.05) is 30.4 Å². The molecule has 2 aliphatic rings. The fourth-order valence-corrected chi connectivity index (χ4v) is 4.34. The van der Waals surface area contributed by atoms with Crippen molar-refractivity contribution in [3.05, 3.63) is 54.1 Å². The topological polar surface area (TPSA) is 78.7 Å². The van der Waals surface area contributed by atoms with Crippen LogP contribution in [0.1, 0.15) is 36.0 Å². The Balaban J connectivity index is 1.33. The Bertz CT molecular complexity index is 867. The van der Waals surface area contributed by atoms with Gasteiger partial charge in [0.2, 0.25) is 5.91 Å². The number of nitrogens with zero attached hydrogens (tertiary/aromatic N) is 2. The molecule has 2 aromatic carbocycles. The van der Waals surface area contributed by atoms with Crippen LogP contribution in [0, 0.1) is 0 Å². The average Bonchev–Trinajstić information content (AvgIpc) is 3.29. The molecule has 2 saturated heterocycles. The molecular weight excluding hydrogens is 364 g/mol. The van der Waals surface area contributed by atoms with Crippen LogP contribution in [0.5, 0.6) is 0 Å². The van der Waals surface area contributed by atoms with Gasteiger partial charge >= 0.3 is 6.03 Å². The molecule has 2 fully saturated rings. The zero-order valence-electron chi connectivity index (χ0n) is 16.6. The van der Waals surface area contributed by atoms with E-state index < -0.39 is 5.91 Å². The Labute approximate surface area is 171 Å². The van der Waals surface area contributed by atoms with Crippen molar-refractivity contribution in [3.8, 4) is 11.1 Å². The molecular formula is C23H28N4O2. The van der Waals surface area contributed by atoms with Crippen LogP contribution in [0.25, 0.3) is 11.1 Å². The van der Waals surface area contributed by atoms with Gasteiger partial charge in [0.15, 0.2) is 0 Å². The van der Waals surface area contributed by atoms with Gasteiger partial charge in [0.25, 0.3) is 0 Å². The summed E-state index contributed by atoms with van der Waals surface area (Å²) in [7, 11) is 0. The first-order valence-corrected chi connectivity index (χ1v) is 10.4. The minimum atomic E-state index is -0.441. The Hall–Kier alpha value is -2.86. The number of benzene rings is 2. The summed E-state index contributed by atoms with van der Waals surface area (Å²) in [6.45, 7) is 4.05. The van der Waals surface area contributed by atoms with Gasteiger partial charge in [0.1, 0.15) is 0 Å². The molecule has 4 rings (SSSR count). The van der Waals surface area contributed by atoms with Crippen LogP contribution in [-0.4, -0.2) is 54.0 Å². The smallest absolute Gasteiger partial charge is 0.321 e. The number of hydrogen-bond donors (Lipinski definition) is 2. The number of hydrogen-bond acceptors (Lipinski definition) is 3. The summed E-state index contributed by atoms with van der Waals surface area (Å²) in [5, 5.41) is 3.00. The zero-order chi connectivity index (χ0) is 20.2.